The van der Waals surface area contributed by atoms with Crippen molar-refractivity contribution >= 4 is 8.80 Å². The van der Waals surface area contributed by atoms with E-state index < -0.39 is 8.80 Å². The monoisotopic (exact) mass is 158 g/mol. The van der Waals surface area contributed by atoms with Crippen LogP contribution in [-0.4, -0.2) is 21.6 Å². The maximum absolute atomic E-state index is 5.33. The van der Waals surface area contributed by atoms with Gasteiger partial charge in [-0.25, -0.2) is 0 Å². The highest BCUT2D eigenvalue weighted by atomic mass is 28.3. The molecule has 0 aliphatic carbocycles. The molecule has 0 aromatic carbocycles. The van der Waals surface area contributed by atoms with Crippen molar-refractivity contribution in [2.24, 2.45) is 0 Å². The summed E-state index contributed by atoms with van der Waals surface area (Å²) >= 11 is 0. The van der Waals surface area contributed by atoms with Crippen molar-refractivity contribution in [3.05, 3.63) is 12.7 Å². The molecule has 1 nitrogen and oxygen atoms in total. The minimum atomic E-state index is -0.587. The van der Waals surface area contributed by atoms with E-state index in [1.165, 1.54) is 0 Å². The molecule has 0 aliphatic rings. The van der Waals surface area contributed by atoms with Gasteiger partial charge < -0.3 is 4.74 Å². The van der Waals surface area contributed by atoms with Crippen LogP contribution in [0.25, 0.3) is 0 Å². The van der Waals surface area contributed by atoms with E-state index in [0.717, 1.165) is 12.8 Å². The first kappa shape index (κ1) is 9.92. The van der Waals surface area contributed by atoms with Crippen molar-refractivity contribution < 1.29 is 4.74 Å². The molecular formula is C8H18OSi. The fraction of sp³-hybridized carbons (Fsp3) is 0.750. The van der Waals surface area contributed by atoms with Gasteiger partial charge >= 0.3 is 0 Å². The molecule has 60 valence electrons. The van der Waals surface area contributed by atoms with Crippen LogP contribution in [0, 0.1) is 0 Å². The highest BCUT2D eigenvalue weighted by Gasteiger charge is 2.11. The van der Waals surface area contributed by atoms with Crippen LogP contribution < -0.4 is 0 Å². The number of rotatable bonds is 5. The second-order valence-electron chi connectivity index (χ2n) is 2.88. The summed E-state index contributed by atoms with van der Waals surface area (Å²) in [7, 11) is 1.22. The molecule has 0 aromatic heterocycles. The fourth-order valence-electron chi connectivity index (χ4n) is 1.01. The topological polar surface area (TPSA) is 9.23 Å². The molecule has 0 bridgehead atoms. The molecule has 0 amide bonds. The third-order valence-corrected chi connectivity index (χ3v) is 3.79. The summed E-state index contributed by atoms with van der Waals surface area (Å²) in [5.74, 6) is 0. The van der Waals surface area contributed by atoms with Crippen LogP contribution in [0.3, 0.4) is 0 Å². The Labute approximate surface area is 65.7 Å². The first-order valence-corrected chi connectivity index (χ1v) is 6.83. The van der Waals surface area contributed by atoms with Crippen LogP contribution in [0.2, 0.25) is 13.1 Å². The predicted molar refractivity (Wildman–Crippen MR) is 49.1 cm³/mol. The lowest BCUT2D eigenvalue weighted by Gasteiger charge is -2.16. The van der Waals surface area contributed by atoms with Crippen molar-refractivity contribution in [3.63, 3.8) is 0 Å². The Morgan fingerprint density at radius 2 is 2.20 bits per heavy atom. The van der Waals surface area contributed by atoms with Crippen molar-refractivity contribution in [3.8, 4) is 0 Å². The molecule has 2 heteroatoms. The Morgan fingerprint density at radius 1 is 1.60 bits per heavy atom. The first-order chi connectivity index (χ1) is 4.72. The van der Waals surface area contributed by atoms with Gasteiger partial charge in [-0.05, 0) is 12.8 Å². The Bertz CT molecular complexity index is 91.3. The summed E-state index contributed by atoms with van der Waals surface area (Å²) in [6.07, 6.45) is 4.20. The number of ether oxygens (including phenoxy) is 1. The normalized spacial score (nSPS) is 13.6. The standard InChI is InChI=1S/C8H18OSi/c1-5-6-7-8(9-2)10(3)4/h5,8,10H,1,6-7H2,2-4H3. The molecule has 0 spiro atoms. The van der Waals surface area contributed by atoms with E-state index in [-0.39, 0.29) is 0 Å². The molecule has 10 heavy (non-hydrogen) atoms. The summed E-state index contributed by atoms with van der Waals surface area (Å²) in [6, 6.07) is 0. The zero-order valence-electron chi connectivity index (χ0n) is 7.26. The predicted octanol–water partition coefficient (Wildman–Crippen LogP) is 1.99. The largest absolute Gasteiger partial charge is 0.385 e. The van der Waals surface area contributed by atoms with Gasteiger partial charge in [0.25, 0.3) is 0 Å². The fourth-order valence-corrected chi connectivity index (χ4v) is 2.41. The van der Waals surface area contributed by atoms with Crippen molar-refractivity contribution in [2.75, 3.05) is 7.11 Å². The van der Waals surface area contributed by atoms with Crippen molar-refractivity contribution in [1.82, 2.24) is 0 Å². The van der Waals surface area contributed by atoms with Gasteiger partial charge in [0, 0.05) is 12.8 Å². The molecule has 0 aromatic rings. The van der Waals surface area contributed by atoms with Gasteiger partial charge in [0.05, 0.1) is 8.80 Å². The van der Waals surface area contributed by atoms with Gasteiger partial charge in [0.15, 0.2) is 0 Å². The van der Waals surface area contributed by atoms with Crippen LogP contribution in [0.5, 0.6) is 0 Å². The highest BCUT2D eigenvalue weighted by Crippen LogP contribution is 2.05. The summed E-state index contributed by atoms with van der Waals surface area (Å²) in [4.78, 5) is 0. The lowest BCUT2D eigenvalue weighted by Crippen LogP contribution is -2.26. The van der Waals surface area contributed by atoms with E-state index in [1.54, 1.807) is 7.11 Å². The summed E-state index contributed by atoms with van der Waals surface area (Å²) in [5, 5.41) is 0. The Balaban J connectivity index is 3.49. The molecule has 0 N–H and O–H groups in total. The third kappa shape index (κ3) is 3.85. The van der Waals surface area contributed by atoms with E-state index >= 15 is 0 Å². The summed E-state index contributed by atoms with van der Waals surface area (Å²) < 4.78 is 5.33. The number of hydrogen-bond donors (Lipinski definition) is 0. The van der Waals surface area contributed by atoms with Crippen molar-refractivity contribution in [1.29, 1.82) is 0 Å². The average Bonchev–Trinajstić information content (AvgIpc) is 1.89. The molecule has 1 atom stereocenters. The van der Waals surface area contributed by atoms with Crippen LogP contribution in [0.4, 0.5) is 0 Å². The third-order valence-electron chi connectivity index (χ3n) is 1.70. The molecule has 0 heterocycles. The second-order valence-corrected chi connectivity index (χ2v) is 6.12. The van der Waals surface area contributed by atoms with Crippen LogP contribution >= 0.6 is 0 Å². The second kappa shape index (κ2) is 5.68. The smallest absolute Gasteiger partial charge is 0.0656 e. The van der Waals surface area contributed by atoms with Gasteiger partial charge in [0.1, 0.15) is 0 Å². The number of allylic oxidation sites excluding steroid dienone is 1. The molecule has 0 aliphatic heterocycles. The van der Waals surface area contributed by atoms with Crippen molar-refractivity contribution in [2.45, 2.75) is 31.7 Å². The molecule has 0 radical (unpaired) electrons. The Morgan fingerprint density at radius 3 is 2.50 bits per heavy atom. The number of hydrogen-bond acceptors (Lipinski definition) is 1. The number of methoxy groups -OCH3 is 1. The SMILES string of the molecule is C=CCCC(OC)[SiH](C)C. The van der Waals surface area contributed by atoms with Gasteiger partial charge in [-0.1, -0.05) is 19.2 Å². The maximum Gasteiger partial charge on any atom is 0.0656 e. The van der Waals surface area contributed by atoms with E-state index in [4.69, 9.17) is 4.74 Å². The van der Waals surface area contributed by atoms with Gasteiger partial charge in [0.2, 0.25) is 0 Å². The zero-order chi connectivity index (χ0) is 7.98. The van der Waals surface area contributed by atoms with E-state index in [2.05, 4.69) is 19.7 Å². The minimum Gasteiger partial charge on any atom is -0.385 e. The summed E-state index contributed by atoms with van der Waals surface area (Å²) in [6.45, 7) is 8.32. The van der Waals surface area contributed by atoms with Crippen LogP contribution in [0.1, 0.15) is 12.8 Å². The Kier molecular flexibility index (Phi) is 5.64. The van der Waals surface area contributed by atoms with Crippen LogP contribution in [-0.2, 0) is 4.74 Å². The maximum atomic E-state index is 5.33. The molecule has 0 saturated carbocycles. The van der Waals surface area contributed by atoms with E-state index in [0.29, 0.717) is 5.73 Å². The first-order valence-electron chi connectivity index (χ1n) is 3.86. The lowest BCUT2D eigenvalue weighted by molar-refractivity contribution is 0.155. The molecular weight excluding hydrogens is 140 g/mol. The lowest BCUT2D eigenvalue weighted by atomic mass is 10.3. The van der Waals surface area contributed by atoms with Gasteiger partial charge in [-0.2, -0.15) is 0 Å². The molecule has 1 unspecified atom stereocenters. The quantitative estimate of drug-likeness (QED) is 0.439. The molecule has 0 saturated heterocycles. The average molecular weight is 158 g/mol. The highest BCUT2D eigenvalue weighted by molar-refractivity contribution is 6.57. The molecule has 0 rings (SSSR count). The van der Waals surface area contributed by atoms with Gasteiger partial charge in [-0.3, -0.25) is 0 Å². The van der Waals surface area contributed by atoms with Gasteiger partial charge in [-0.15, -0.1) is 6.58 Å². The van der Waals surface area contributed by atoms with Crippen LogP contribution in [0.15, 0.2) is 12.7 Å². The molecule has 0 fully saturated rings. The summed E-state index contributed by atoms with van der Waals surface area (Å²) in [5.41, 5.74) is 0.540. The minimum absolute atomic E-state index is 0.540. The Hall–Kier alpha value is -0.0831. The van der Waals surface area contributed by atoms with E-state index in [9.17, 15) is 0 Å². The zero-order valence-corrected chi connectivity index (χ0v) is 8.42. The van der Waals surface area contributed by atoms with E-state index in [1.807, 2.05) is 6.08 Å².